The maximum absolute atomic E-state index is 13.2. The summed E-state index contributed by atoms with van der Waals surface area (Å²) in [5.74, 6) is 2.20. The van der Waals surface area contributed by atoms with Gasteiger partial charge in [0, 0.05) is 29.1 Å². The van der Waals surface area contributed by atoms with Gasteiger partial charge in [0.1, 0.15) is 23.9 Å². The lowest BCUT2D eigenvalue weighted by atomic mass is 10.0. The van der Waals surface area contributed by atoms with E-state index in [1.54, 1.807) is 31.6 Å². The van der Waals surface area contributed by atoms with Gasteiger partial charge in [0.15, 0.2) is 0 Å². The van der Waals surface area contributed by atoms with Crippen LogP contribution in [0.4, 0.5) is 0 Å². The van der Waals surface area contributed by atoms with Crippen LogP contribution >= 0.6 is 11.3 Å². The smallest absolute Gasteiger partial charge is 0.247 e. The van der Waals surface area contributed by atoms with Crippen LogP contribution in [0.15, 0.2) is 53.9 Å². The molecule has 0 bridgehead atoms. The Morgan fingerprint density at radius 2 is 2.03 bits per heavy atom. The lowest BCUT2D eigenvalue weighted by Crippen LogP contribution is -2.29. The molecule has 1 saturated heterocycles. The van der Waals surface area contributed by atoms with Gasteiger partial charge >= 0.3 is 0 Å². The summed E-state index contributed by atoms with van der Waals surface area (Å²) in [5.41, 5.74) is 2.73. The van der Waals surface area contributed by atoms with Crippen molar-refractivity contribution in [1.82, 2.24) is 9.88 Å². The first-order chi connectivity index (χ1) is 16.1. The molecule has 4 rings (SSSR count). The first kappa shape index (κ1) is 22.9. The number of likely N-dealkylation sites (tertiary alicyclic amines) is 1. The minimum Gasteiger partial charge on any atom is -0.497 e. The maximum Gasteiger partial charge on any atom is 0.247 e. The van der Waals surface area contributed by atoms with Crippen LogP contribution in [-0.4, -0.2) is 36.6 Å². The first-order valence-corrected chi connectivity index (χ1v) is 11.8. The van der Waals surface area contributed by atoms with Gasteiger partial charge in [-0.3, -0.25) is 4.79 Å². The fourth-order valence-electron chi connectivity index (χ4n) is 4.09. The second-order valence-corrected chi connectivity index (χ2v) is 8.88. The fourth-order valence-corrected chi connectivity index (χ4v) is 4.68. The molecule has 6 nitrogen and oxygen atoms in total. The van der Waals surface area contributed by atoms with Gasteiger partial charge in [0.25, 0.3) is 0 Å². The van der Waals surface area contributed by atoms with Crippen LogP contribution in [0.2, 0.25) is 0 Å². The molecule has 0 radical (unpaired) electrons. The molecule has 172 valence electrons. The van der Waals surface area contributed by atoms with Gasteiger partial charge in [0.2, 0.25) is 5.91 Å². The lowest BCUT2D eigenvalue weighted by Gasteiger charge is -2.25. The van der Waals surface area contributed by atoms with E-state index in [1.807, 2.05) is 65.7 Å². The Labute approximate surface area is 198 Å². The van der Waals surface area contributed by atoms with Crippen molar-refractivity contribution in [2.45, 2.75) is 32.4 Å². The number of rotatable bonds is 8. The molecule has 2 heterocycles. The van der Waals surface area contributed by atoms with Gasteiger partial charge in [-0.2, -0.15) is 0 Å². The number of ether oxygens (including phenoxy) is 3. The molecule has 1 fully saturated rings. The summed E-state index contributed by atoms with van der Waals surface area (Å²) in [6.07, 6.45) is 5.27. The summed E-state index contributed by atoms with van der Waals surface area (Å²) in [4.78, 5) is 19.5. The van der Waals surface area contributed by atoms with Gasteiger partial charge < -0.3 is 19.1 Å². The number of carbonyl (C=O) groups is 1. The Kier molecular flexibility index (Phi) is 7.29. The van der Waals surface area contributed by atoms with Gasteiger partial charge in [-0.25, -0.2) is 4.98 Å². The molecule has 3 aromatic rings. The molecule has 1 atom stereocenters. The van der Waals surface area contributed by atoms with Crippen molar-refractivity contribution in [3.8, 4) is 17.2 Å². The highest BCUT2D eigenvalue weighted by atomic mass is 32.1. The van der Waals surface area contributed by atoms with Crippen molar-refractivity contribution in [2.75, 3.05) is 20.8 Å². The van der Waals surface area contributed by atoms with Crippen LogP contribution in [0.3, 0.4) is 0 Å². The van der Waals surface area contributed by atoms with Crippen molar-refractivity contribution in [3.63, 3.8) is 0 Å². The molecule has 0 saturated carbocycles. The lowest BCUT2D eigenvalue weighted by molar-refractivity contribution is -0.126. The van der Waals surface area contributed by atoms with E-state index in [1.165, 1.54) is 0 Å². The third-order valence-corrected chi connectivity index (χ3v) is 6.52. The predicted octanol–water partition coefficient (Wildman–Crippen LogP) is 5.42. The van der Waals surface area contributed by atoms with Crippen LogP contribution in [0.25, 0.3) is 6.08 Å². The average molecular weight is 465 g/mol. The predicted molar refractivity (Wildman–Crippen MR) is 130 cm³/mol. The Balaban J connectivity index is 1.50. The molecule has 1 amide bonds. The number of hydrogen-bond acceptors (Lipinski definition) is 6. The zero-order chi connectivity index (χ0) is 23.2. The van der Waals surface area contributed by atoms with E-state index in [4.69, 9.17) is 14.2 Å². The monoisotopic (exact) mass is 464 g/mol. The van der Waals surface area contributed by atoms with Crippen LogP contribution < -0.4 is 14.2 Å². The summed E-state index contributed by atoms with van der Waals surface area (Å²) in [5, 5.41) is 3.01. The van der Waals surface area contributed by atoms with Crippen LogP contribution in [0.5, 0.6) is 17.2 Å². The number of para-hydroxylation sites is 1. The Morgan fingerprint density at radius 3 is 2.79 bits per heavy atom. The third kappa shape index (κ3) is 5.37. The molecular weight excluding hydrogens is 436 g/mol. The minimum atomic E-state index is -0.0494. The van der Waals surface area contributed by atoms with Gasteiger partial charge in [-0.05, 0) is 50.1 Å². The van der Waals surface area contributed by atoms with Crippen molar-refractivity contribution < 1.29 is 19.0 Å². The summed E-state index contributed by atoms with van der Waals surface area (Å²) in [7, 11) is 3.29. The van der Waals surface area contributed by atoms with Crippen molar-refractivity contribution in [3.05, 3.63) is 75.7 Å². The number of thiazole rings is 1. The molecule has 1 aromatic heterocycles. The largest absolute Gasteiger partial charge is 0.497 e. The minimum absolute atomic E-state index is 0.0349. The summed E-state index contributed by atoms with van der Waals surface area (Å²) in [6.45, 7) is 3.08. The highest BCUT2D eigenvalue weighted by Crippen LogP contribution is 2.39. The van der Waals surface area contributed by atoms with Gasteiger partial charge in [-0.1, -0.05) is 18.2 Å². The topological polar surface area (TPSA) is 60.9 Å². The van der Waals surface area contributed by atoms with E-state index in [0.717, 1.165) is 51.9 Å². The number of aryl methyl sites for hydroxylation is 1. The van der Waals surface area contributed by atoms with Gasteiger partial charge in [-0.15, -0.1) is 11.3 Å². The number of methoxy groups -OCH3 is 2. The Morgan fingerprint density at radius 1 is 1.18 bits per heavy atom. The molecule has 1 aliphatic rings. The average Bonchev–Trinajstić information content (AvgIpc) is 3.50. The fraction of sp³-hybridized carbons (Fsp3) is 0.308. The molecule has 0 aliphatic carbocycles. The molecule has 0 spiro atoms. The third-order valence-electron chi connectivity index (χ3n) is 5.70. The quantitative estimate of drug-likeness (QED) is 0.416. The van der Waals surface area contributed by atoms with Crippen molar-refractivity contribution in [1.29, 1.82) is 0 Å². The molecule has 33 heavy (non-hydrogen) atoms. The van der Waals surface area contributed by atoms with E-state index in [9.17, 15) is 4.79 Å². The van der Waals surface area contributed by atoms with Crippen LogP contribution in [0.1, 0.15) is 40.7 Å². The highest BCUT2D eigenvalue weighted by molar-refractivity contribution is 7.09. The van der Waals surface area contributed by atoms with E-state index in [-0.39, 0.29) is 11.9 Å². The Hall–Kier alpha value is -3.32. The van der Waals surface area contributed by atoms with Crippen LogP contribution in [-0.2, 0) is 11.4 Å². The number of aromatic nitrogens is 1. The van der Waals surface area contributed by atoms with E-state index in [2.05, 4.69) is 4.98 Å². The number of hydrogen-bond donors (Lipinski definition) is 0. The maximum atomic E-state index is 13.2. The first-order valence-electron chi connectivity index (χ1n) is 10.9. The number of benzene rings is 2. The van der Waals surface area contributed by atoms with E-state index in [0.29, 0.717) is 13.2 Å². The zero-order valence-corrected chi connectivity index (χ0v) is 19.9. The molecular formula is C26H28N2O4S. The summed E-state index contributed by atoms with van der Waals surface area (Å²) >= 11 is 1.60. The van der Waals surface area contributed by atoms with E-state index >= 15 is 0 Å². The summed E-state index contributed by atoms with van der Waals surface area (Å²) < 4.78 is 16.9. The standard InChI is InChI=1S/C26H28N2O4S/c1-18-27-20(17-33-18)16-32-24-9-5-4-7-19(24)10-13-26(29)28-14-6-8-23(28)22-15-21(30-2)11-12-25(22)31-3/h4-5,7,9-13,15,17,23H,6,8,14,16H2,1-3H3/b13-10+. The molecule has 0 N–H and O–H groups in total. The molecule has 1 aliphatic heterocycles. The van der Waals surface area contributed by atoms with Crippen molar-refractivity contribution in [2.24, 2.45) is 0 Å². The van der Waals surface area contributed by atoms with Crippen LogP contribution in [0, 0.1) is 6.92 Å². The molecule has 2 aromatic carbocycles. The van der Waals surface area contributed by atoms with Crippen molar-refractivity contribution >= 4 is 23.3 Å². The highest BCUT2D eigenvalue weighted by Gasteiger charge is 2.31. The Bertz CT molecular complexity index is 1140. The normalized spacial score (nSPS) is 15.7. The molecule has 1 unspecified atom stereocenters. The zero-order valence-electron chi connectivity index (χ0n) is 19.1. The number of carbonyl (C=O) groups excluding carboxylic acids is 1. The summed E-state index contributed by atoms with van der Waals surface area (Å²) in [6, 6.07) is 13.4. The SMILES string of the molecule is COc1ccc(OC)c(C2CCCN2C(=O)/C=C/c2ccccc2OCc2csc(C)n2)c1. The second kappa shape index (κ2) is 10.5. The van der Waals surface area contributed by atoms with Gasteiger partial charge in [0.05, 0.1) is 31.0 Å². The number of amides is 1. The number of nitrogens with zero attached hydrogens (tertiary/aromatic N) is 2. The second-order valence-electron chi connectivity index (χ2n) is 7.82. The van der Waals surface area contributed by atoms with E-state index < -0.39 is 0 Å². The molecule has 7 heteroatoms.